The van der Waals surface area contributed by atoms with Gasteiger partial charge in [-0.05, 0) is 29.8 Å². The summed E-state index contributed by atoms with van der Waals surface area (Å²) in [4.78, 5) is 13.1. The fourth-order valence-electron chi connectivity index (χ4n) is 3.26. The predicted octanol–water partition coefficient (Wildman–Crippen LogP) is 3.74. The van der Waals surface area contributed by atoms with Gasteiger partial charge >= 0.3 is 0 Å². The van der Waals surface area contributed by atoms with E-state index >= 15 is 0 Å². The van der Waals surface area contributed by atoms with Crippen LogP contribution in [0.15, 0.2) is 48.8 Å². The third-order valence-corrected chi connectivity index (χ3v) is 4.84. The summed E-state index contributed by atoms with van der Waals surface area (Å²) in [5.74, 6) is 0.422. The van der Waals surface area contributed by atoms with Crippen LogP contribution in [-0.4, -0.2) is 41.0 Å². The Balaban J connectivity index is 1.48. The highest BCUT2D eigenvalue weighted by atomic mass is 35.5. The Morgan fingerprint density at radius 3 is 2.48 bits per heavy atom. The normalized spacial score (nSPS) is 15.7. The van der Waals surface area contributed by atoms with Gasteiger partial charge < -0.3 is 4.90 Å². The Bertz CT molecular complexity index is 871. The lowest BCUT2D eigenvalue weighted by Gasteiger charge is -2.35. The molecule has 0 radical (unpaired) electrons. The molecule has 128 valence electrons. The van der Waals surface area contributed by atoms with Crippen LogP contribution in [0.3, 0.4) is 0 Å². The summed E-state index contributed by atoms with van der Waals surface area (Å²) < 4.78 is 14.3. The van der Waals surface area contributed by atoms with Gasteiger partial charge in [-0.2, -0.15) is 0 Å². The van der Waals surface area contributed by atoms with Gasteiger partial charge in [0.15, 0.2) is 0 Å². The van der Waals surface area contributed by atoms with E-state index in [4.69, 9.17) is 11.6 Å². The number of hydrogen-bond donors (Lipinski definition) is 0. The van der Waals surface area contributed by atoms with Gasteiger partial charge in [-0.3, -0.25) is 4.90 Å². The zero-order valence-electron chi connectivity index (χ0n) is 13.7. The van der Waals surface area contributed by atoms with Crippen LogP contribution in [0.4, 0.5) is 10.2 Å². The van der Waals surface area contributed by atoms with Crippen molar-refractivity contribution >= 4 is 28.3 Å². The van der Waals surface area contributed by atoms with E-state index in [1.165, 1.54) is 18.0 Å². The number of aromatic nitrogens is 2. The second-order valence-electron chi connectivity index (χ2n) is 6.22. The zero-order valence-corrected chi connectivity index (χ0v) is 14.5. The first-order valence-corrected chi connectivity index (χ1v) is 8.69. The van der Waals surface area contributed by atoms with Gasteiger partial charge in [-0.1, -0.05) is 29.8 Å². The minimum Gasteiger partial charge on any atom is -0.353 e. The first-order valence-electron chi connectivity index (χ1n) is 8.32. The van der Waals surface area contributed by atoms with E-state index in [-0.39, 0.29) is 5.82 Å². The molecule has 1 aliphatic rings. The Morgan fingerprint density at radius 2 is 1.72 bits per heavy atom. The molecule has 0 atom stereocenters. The molecular weight excluding hydrogens is 339 g/mol. The summed E-state index contributed by atoms with van der Waals surface area (Å²) in [7, 11) is 0. The molecule has 2 aromatic carbocycles. The molecule has 1 fully saturated rings. The third-order valence-electron chi connectivity index (χ3n) is 4.58. The monoisotopic (exact) mass is 356 g/mol. The molecule has 0 aliphatic carbocycles. The summed E-state index contributed by atoms with van der Waals surface area (Å²) in [5.41, 5.74) is 1.89. The highest BCUT2D eigenvalue weighted by Crippen LogP contribution is 2.26. The maximum atomic E-state index is 14.3. The quantitative estimate of drug-likeness (QED) is 0.715. The van der Waals surface area contributed by atoms with Crippen LogP contribution >= 0.6 is 11.6 Å². The first-order chi connectivity index (χ1) is 12.2. The molecular formula is C19H18ClFN4. The van der Waals surface area contributed by atoms with Crippen LogP contribution in [-0.2, 0) is 6.54 Å². The maximum Gasteiger partial charge on any atom is 0.142 e. The van der Waals surface area contributed by atoms with Gasteiger partial charge in [-0.15, -0.1) is 0 Å². The molecule has 0 spiro atoms. The summed E-state index contributed by atoms with van der Waals surface area (Å²) in [6.45, 7) is 4.33. The van der Waals surface area contributed by atoms with Gasteiger partial charge in [0.05, 0.1) is 10.9 Å². The lowest BCUT2D eigenvalue weighted by atomic mass is 10.1. The van der Waals surface area contributed by atoms with Crippen LogP contribution in [0.2, 0.25) is 5.02 Å². The average Bonchev–Trinajstić information content (AvgIpc) is 2.64. The topological polar surface area (TPSA) is 32.3 Å². The minimum absolute atomic E-state index is 0.267. The third kappa shape index (κ3) is 3.43. The van der Waals surface area contributed by atoms with Crippen molar-refractivity contribution in [3.05, 3.63) is 65.2 Å². The molecule has 0 unspecified atom stereocenters. The van der Waals surface area contributed by atoms with Gasteiger partial charge in [0.2, 0.25) is 0 Å². The number of hydrogen-bond acceptors (Lipinski definition) is 4. The van der Waals surface area contributed by atoms with Gasteiger partial charge in [-0.25, -0.2) is 14.4 Å². The number of nitrogens with zero attached hydrogens (tertiary/aromatic N) is 4. The van der Waals surface area contributed by atoms with Crippen LogP contribution in [0.25, 0.3) is 10.9 Å². The largest absolute Gasteiger partial charge is 0.353 e. The number of piperazine rings is 1. The van der Waals surface area contributed by atoms with E-state index in [1.54, 1.807) is 6.07 Å². The lowest BCUT2D eigenvalue weighted by molar-refractivity contribution is 0.249. The van der Waals surface area contributed by atoms with Crippen molar-refractivity contribution in [1.29, 1.82) is 0 Å². The van der Waals surface area contributed by atoms with Crippen molar-refractivity contribution in [2.75, 3.05) is 31.1 Å². The number of rotatable bonds is 3. The second kappa shape index (κ2) is 6.94. The molecule has 1 aromatic heterocycles. The van der Waals surface area contributed by atoms with Crippen molar-refractivity contribution in [3.63, 3.8) is 0 Å². The highest BCUT2D eigenvalue weighted by molar-refractivity contribution is 6.30. The molecule has 2 heterocycles. The van der Waals surface area contributed by atoms with E-state index in [1.807, 2.05) is 18.2 Å². The van der Waals surface area contributed by atoms with E-state index in [9.17, 15) is 4.39 Å². The summed E-state index contributed by atoms with van der Waals surface area (Å²) in [6, 6.07) is 12.9. The predicted molar refractivity (Wildman–Crippen MR) is 98.4 cm³/mol. The smallest absolute Gasteiger partial charge is 0.142 e. The fraction of sp³-hybridized carbons (Fsp3) is 0.263. The molecule has 1 aliphatic heterocycles. The van der Waals surface area contributed by atoms with Gasteiger partial charge in [0.1, 0.15) is 18.0 Å². The molecule has 0 amide bonds. The average molecular weight is 357 g/mol. The van der Waals surface area contributed by atoms with Crippen LogP contribution in [0, 0.1) is 5.82 Å². The highest BCUT2D eigenvalue weighted by Gasteiger charge is 2.21. The summed E-state index contributed by atoms with van der Waals surface area (Å²) in [5, 5.41) is 1.27. The Kier molecular flexibility index (Phi) is 4.51. The molecule has 1 saturated heterocycles. The zero-order chi connectivity index (χ0) is 17.2. The van der Waals surface area contributed by atoms with Crippen LogP contribution < -0.4 is 4.90 Å². The second-order valence-corrected chi connectivity index (χ2v) is 6.66. The Morgan fingerprint density at radius 1 is 0.960 bits per heavy atom. The van der Waals surface area contributed by atoms with Crippen molar-refractivity contribution < 1.29 is 4.39 Å². The van der Waals surface area contributed by atoms with Crippen LogP contribution in [0.5, 0.6) is 0 Å². The molecule has 4 rings (SSSR count). The minimum atomic E-state index is -0.267. The maximum absolute atomic E-state index is 14.3. The van der Waals surface area contributed by atoms with Crippen molar-refractivity contribution in [3.8, 4) is 0 Å². The molecule has 0 bridgehead atoms. The first kappa shape index (κ1) is 16.2. The molecule has 0 N–H and O–H groups in total. The molecule has 6 heteroatoms. The molecule has 3 aromatic rings. The number of fused-ring (bicyclic) bond motifs is 1. The van der Waals surface area contributed by atoms with E-state index < -0.39 is 0 Å². The summed E-state index contributed by atoms with van der Waals surface area (Å²) >= 11 is 5.94. The van der Waals surface area contributed by atoms with Crippen molar-refractivity contribution in [1.82, 2.24) is 14.9 Å². The van der Waals surface area contributed by atoms with Crippen molar-refractivity contribution in [2.24, 2.45) is 0 Å². The molecule has 25 heavy (non-hydrogen) atoms. The van der Waals surface area contributed by atoms with Crippen molar-refractivity contribution in [2.45, 2.75) is 6.54 Å². The number of benzene rings is 2. The van der Waals surface area contributed by atoms with Gasteiger partial charge in [0, 0.05) is 37.7 Å². The van der Waals surface area contributed by atoms with E-state index in [0.29, 0.717) is 16.7 Å². The Hall–Kier alpha value is -2.24. The van der Waals surface area contributed by atoms with Crippen LogP contribution in [0.1, 0.15) is 5.56 Å². The molecule has 4 nitrogen and oxygen atoms in total. The van der Waals surface area contributed by atoms with E-state index in [2.05, 4.69) is 31.9 Å². The number of halogens is 2. The SMILES string of the molecule is Fc1cccc2ncnc(N3CCN(Cc4ccc(Cl)cc4)CC3)c12. The van der Waals surface area contributed by atoms with E-state index in [0.717, 1.165) is 37.7 Å². The standard InChI is InChI=1S/C19H18ClFN4/c20-15-6-4-14(5-7-15)12-24-8-10-25(11-9-24)19-18-16(21)2-1-3-17(18)22-13-23-19/h1-7,13H,8-12H2. The Labute approximate surface area is 150 Å². The fourth-order valence-corrected chi connectivity index (χ4v) is 3.38. The molecule has 0 saturated carbocycles. The van der Waals surface area contributed by atoms with Gasteiger partial charge in [0.25, 0.3) is 0 Å². The lowest BCUT2D eigenvalue weighted by Crippen LogP contribution is -2.46. The number of anilines is 1. The summed E-state index contributed by atoms with van der Waals surface area (Å²) in [6.07, 6.45) is 1.51.